The maximum atomic E-state index is 2.27. The van der Waals surface area contributed by atoms with E-state index in [0.29, 0.717) is 0 Å². The lowest BCUT2D eigenvalue weighted by molar-refractivity contribution is 0.807. The van der Waals surface area contributed by atoms with Gasteiger partial charge in [0.05, 0.1) is 0 Å². The van der Waals surface area contributed by atoms with Crippen molar-refractivity contribution in [3.63, 3.8) is 0 Å². The van der Waals surface area contributed by atoms with Crippen LogP contribution < -0.4 is 0 Å². The van der Waals surface area contributed by atoms with Crippen molar-refractivity contribution in [3.8, 4) is 0 Å². The Morgan fingerprint density at radius 1 is 1.67 bits per heavy atom. The third-order valence-corrected chi connectivity index (χ3v) is 4.20. The van der Waals surface area contributed by atoms with Crippen LogP contribution in [0.2, 0.25) is 0 Å². The highest BCUT2D eigenvalue weighted by Crippen LogP contribution is 2.42. The van der Waals surface area contributed by atoms with Gasteiger partial charge in [0, 0.05) is 5.25 Å². The normalized spacial score (nSPS) is 26.4. The number of rotatable bonds is 2. The molecule has 2 heteroatoms. The molecule has 52 valence electrons. The fraction of sp³-hybridized carbons (Fsp3) is 0.714. The van der Waals surface area contributed by atoms with Crippen LogP contribution >= 0.6 is 21.6 Å². The van der Waals surface area contributed by atoms with Gasteiger partial charge in [-0.3, -0.25) is 0 Å². The van der Waals surface area contributed by atoms with Crippen molar-refractivity contribution in [3.05, 3.63) is 11.0 Å². The van der Waals surface area contributed by atoms with Crippen molar-refractivity contribution >= 4 is 21.6 Å². The van der Waals surface area contributed by atoms with Gasteiger partial charge in [0.1, 0.15) is 0 Å². The van der Waals surface area contributed by atoms with Crippen LogP contribution in [0, 0.1) is 0 Å². The molecule has 0 saturated carbocycles. The molecule has 0 bridgehead atoms. The zero-order chi connectivity index (χ0) is 6.69. The van der Waals surface area contributed by atoms with E-state index >= 15 is 0 Å². The summed E-state index contributed by atoms with van der Waals surface area (Å²) in [5.41, 5.74) is 1.56. The monoisotopic (exact) mass is 160 g/mol. The summed E-state index contributed by atoms with van der Waals surface area (Å²) < 4.78 is 0. The summed E-state index contributed by atoms with van der Waals surface area (Å²) in [4.78, 5) is 0. The first-order valence-corrected chi connectivity index (χ1v) is 5.61. The van der Waals surface area contributed by atoms with Crippen LogP contribution in [0.3, 0.4) is 0 Å². The lowest BCUT2D eigenvalue weighted by atomic mass is 10.1. The first-order chi connectivity index (χ1) is 4.34. The zero-order valence-electron chi connectivity index (χ0n) is 5.89. The van der Waals surface area contributed by atoms with Gasteiger partial charge in [0.2, 0.25) is 0 Å². The van der Waals surface area contributed by atoms with E-state index in [1.807, 2.05) is 21.6 Å². The van der Waals surface area contributed by atoms with Crippen molar-refractivity contribution in [2.75, 3.05) is 0 Å². The second kappa shape index (κ2) is 3.57. The highest BCUT2D eigenvalue weighted by Gasteiger charge is 2.15. The second-order valence-corrected chi connectivity index (χ2v) is 4.68. The van der Waals surface area contributed by atoms with Crippen molar-refractivity contribution in [2.24, 2.45) is 0 Å². The minimum absolute atomic E-state index is 0.819. The van der Waals surface area contributed by atoms with E-state index in [4.69, 9.17) is 0 Å². The van der Waals surface area contributed by atoms with Gasteiger partial charge in [-0.25, -0.2) is 0 Å². The van der Waals surface area contributed by atoms with E-state index in [9.17, 15) is 0 Å². The maximum absolute atomic E-state index is 2.27. The van der Waals surface area contributed by atoms with Crippen LogP contribution in [-0.2, 0) is 0 Å². The Labute approximate surface area is 64.9 Å². The summed E-state index contributed by atoms with van der Waals surface area (Å²) in [6, 6.07) is 0. The predicted molar refractivity (Wildman–Crippen MR) is 47.6 cm³/mol. The molecule has 9 heavy (non-hydrogen) atoms. The highest BCUT2D eigenvalue weighted by molar-refractivity contribution is 8.78. The van der Waals surface area contributed by atoms with Crippen molar-refractivity contribution in [1.82, 2.24) is 0 Å². The zero-order valence-corrected chi connectivity index (χ0v) is 7.52. The molecule has 1 atom stereocenters. The highest BCUT2D eigenvalue weighted by atomic mass is 33.1. The van der Waals surface area contributed by atoms with Crippen LogP contribution in [-0.4, -0.2) is 5.25 Å². The van der Waals surface area contributed by atoms with Crippen molar-refractivity contribution < 1.29 is 0 Å². The summed E-state index contributed by atoms with van der Waals surface area (Å²) in [5, 5.41) is 3.09. The van der Waals surface area contributed by atoms with Gasteiger partial charge in [0.25, 0.3) is 0 Å². The maximum Gasteiger partial charge on any atom is 0.0369 e. The molecule has 0 N–H and O–H groups in total. The lowest BCUT2D eigenvalue weighted by Gasteiger charge is -2.06. The average Bonchev–Trinajstić information content (AvgIpc) is 2.18. The first-order valence-electron chi connectivity index (χ1n) is 3.33. The molecule has 1 aliphatic heterocycles. The Morgan fingerprint density at radius 3 is 2.89 bits per heavy atom. The van der Waals surface area contributed by atoms with Crippen molar-refractivity contribution in [2.45, 2.75) is 31.9 Å². The van der Waals surface area contributed by atoms with Crippen LogP contribution in [0.5, 0.6) is 0 Å². The van der Waals surface area contributed by atoms with Crippen LogP contribution in [0.15, 0.2) is 11.0 Å². The largest absolute Gasteiger partial charge is 0.0816 e. The van der Waals surface area contributed by atoms with E-state index in [1.54, 1.807) is 5.57 Å². The van der Waals surface area contributed by atoms with E-state index < -0.39 is 0 Å². The molecule has 1 heterocycles. The standard InChI is InChI=1S/C7H12S2/c1-3-4-7-6(2)5-8-9-7/h5,7H,3-4H2,1-2H3. The fourth-order valence-electron chi connectivity index (χ4n) is 0.860. The number of hydrogen-bond acceptors (Lipinski definition) is 2. The lowest BCUT2D eigenvalue weighted by Crippen LogP contribution is -1.97. The second-order valence-electron chi connectivity index (χ2n) is 2.33. The molecule has 1 unspecified atom stereocenters. The predicted octanol–water partition coefficient (Wildman–Crippen LogP) is 3.45. The van der Waals surface area contributed by atoms with Crippen LogP contribution in [0.4, 0.5) is 0 Å². The summed E-state index contributed by atoms with van der Waals surface area (Å²) in [5.74, 6) is 0. The molecular weight excluding hydrogens is 148 g/mol. The van der Waals surface area contributed by atoms with E-state index in [2.05, 4.69) is 19.3 Å². The summed E-state index contributed by atoms with van der Waals surface area (Å²) >= 11 is 0. The Bertz CT molecular complexity index is 118. The molecule has 0 spiro atoms. The van der Waals surface area contributed by atoms with Crippen molar-refractivity contribution in [1.29, 1.82) is 0 Å². The van der Waals surface area contributed by atoms with Gasteiger partial charge in [-0.1, -0.05) is 40.5 Å². The van der Waals surface area contributed by atoms with Gasteiger partial charge in [-0.15, -0.1) is 0 Å². The van der Waals surface area contributed by atoms with E-state index in [0.717, 1.165) is 5.25 Å². The Balaban J connectivity index is 2.34. The molecule has 1 aliphatic rings. The van der Waals surface area contributed by atoms with Gasteiger partial charge in [-0.2, -0.15) is 0 Å². The molecule has 0 amide bonds. The minimum atomic E-state index is 0.819. The summed E-state index contributed by atoms with van der Waals surface area (Å²) in [6.07, 6.45) is 2.66. The van der Waals surface area contributed by atoms with Crippen LogP contribution in [0.1, 0.15) is 26.7 Å². The number of hydrogen-bond donors (Lipinski definition) is 0. The molecule has 0 radical (unpaired) electrons. The third kappa shape index (κ3) is 1.94. The molecule has 0 aliphatic carbocycles. The Hall–Kier alpha value is 0.440. The van der Waals surface area contributed by atoms with Crippen LogP contribution in [0.25, 0.3) is 0 Å². The Morgan fingerprint density at radius 2 is 2.44 bits per heavy atom. The quantitative estimate of drug-likeness (QED) is 0.567. The molecular formula is C7H12S2. The average molecular weight is 160 g/mol. The van der Waals surface area contributed by atoms with Gasteiger partial charge in [-0.05, 0) is 18.8 Å². The smallest absolute Gasteiger partial charge is 0.0369 e. The molecule has 0 aromatic carbocycles. The molecule has 0 aromatic rings. The van der Waals surface area contributed by atoms with E-state index in [-0.39, 0.29) is 0 Å². The summed E-state index contributed by atoms with van der Waals surface area (Å²) in [6.45, 7) is 4.48. The van der Waals surface area contributed by atoms with Gasteiger partial charge >= 0.3 is 0 Å². The molecule has 0 fully saturated rings. The van der Waals surface area contributed by atoms with E-state index in [1.165, 1.54) is 12.8 Å². The van der Waals surface area contributed by atoms with Gasteiger partial charge in [0.15, 0.2) is 0 Å². The summed E-state index contributed by atoms with van der Waals surface area (Å²) in [7, 11) is 3.88. The Kier molecular flexibility index (Phi) is 2.99. The molecule has 0 saturated heterocycles. The molecule has 0 nitrogen and oxygen atoms in total. The SMILES string of the molecule is CCCC1SSC=C1C. The fourth-order valence-corrected chi connectivity index (χ4v) is 3.77. The van der Waals surface area contributed by atoms with Gasteiger partial charge < -0.3 is 0 Å². The minimum Gasteiger partial charge on any atom is -0.0816 e. The first kappa shape index (κ1) is 7.55. The third-order valence-electron chi connectivity index (χ3n) is 1.46. The molecule has 0 aromatic heterocycles. The molecule has 1 rings (SSSR count). The topological polar surface area (TPSA) is 0 Å².